The van der Waals surface area contributed by atoms with E-state index in [9.17, 15) is 0 Å². The molecule has 1 unspecified atom stereocenters. The highest BCUT2D eigenvalue weighted by Gasteiger charge is 2.06. The average Bonchev–Trinajstić information content (AvgIpc) is 1.94. The van der Waals surface area contributed by atoms with Crippen molar-refractivity contribution in [2.45, 2.75) is 18.9 Å². The lowest BCUT2D eigenvalue weighted by Crippen LogP contribution is -2.23. The van der Waals surface area contributed by atoms with Crippen LogP contribution in [-0.2, 0) is 9.78 Å². The van der Waals surface area contributed by atoms with Gasteiger partial charge in [-0.3, -0.25) is 0 Å². The second kappa shape index (κ2) is 3.02. The summed E-state index contributed by atoms with van der Waals surface area (Å²) in [5.74, 6) is 0. The van der Waals surface area contributed by atoms with Crippen LogP contribution < -0.4 is 5.73 Å². The summed E-state index contributed by atoms with van der Waals surface area (Å²) < 4.78 is 0. The Balaban J connectivity index is 2.17. The van der Waals surface area contributed by atoms with Crippen LogP contribution in [0.4, 0.5) is 0 Å². The van der Waals surface area contributed by atoms with E-state index in [-0.39, 0.29) is 6.04 Å². The van der Waals surface area contributed by atoms with Crippen LogP contribution in [0.25, 0.3) is 0 Å². The fourth-order valence-corrected chi connectivity index (χ4v) is 0.682. The van der Waals surface area contributed by atoms with Crippen molar-refractivity contribution in [3.05, 3.63) is 0 Å². The first kappa shape index (κ1) is 6.01. The first-order chi connectivity index (χ1) is 3.89. The minimum atomic E-state index is 0.178. The molecule has 1 rings (SSSR count). The fourth-order valence-electron chi connectivity index (χ4n) is 0.682. The molecule has 0 bridgehead atoms. The lowest BCUT2D eigenvalue weighted by molar-refractivity contribution is -0.289. The summed E-state index contributed by atoms with van der Waals surface area (Å²) in [7, 11) is 0. The van der Waals surface area contributed by atoms with Crippen molar-refractivity contribution in [1.29, 1.82) is 0 Å². The van der Waals surface area contributed by atoms with Crippen molar-refractivity contribution in [2.24, 2.45) is 5.73 Å². The maximum Gasteiger partial charge on any atom is 0.0973 e. The quantitative estimate of drug-likeness (QED) is 0.456. The van der Waals surface area contributed by atoms with Gasteiger partial charge in [-0.25, -0.2) is 9.78 Å². The third-order valence-corrected chi connectivity index (χ3v) is 1.17. The molecule has 1 fully saturated rings. The minimum absolute atomic E-state index is 0.178. The molecular weight excluding hydrogens is 106 g/mol. The van der Waals surface area contributed by atoms with Gasteiger partial charge in [0.05, 0.1) is 13.2 Å². The fraction of sp³-hybridized carbons (Fsp3) is 1.00. The number of nitrogens with two attached hydrogens (primary N) is 1. The second-order valence-electron chi connectivity index (χ2n) is 2.01. The summed E-state index contributed by atoms with van der Waals surface area (Å²) in [6.07, 6.45) is 2.03. The van der Waals surface area contributed by atoms with E-state index in [4.69, 9.17) is 5.73 Å². The molecule has 0 radical (unpaired) electrons. The van der Waals surface area contributed by atoms with Crippen molar-refractivity contribution in [3.8, 4) is 0 Å². The Morgan fingerprint density at radius 3 is 3.12 bits per heavy atom. The molecule has 2 N–H and O–H groups in total. The van der Waals surface area contributed by atoms with E-state index in [0.717, 1.165) is 12.8 Å². The predicted molar refractivity (Wildman–Crippen MR) is 29.1 cm³/mol. The van der Waals surface area contributed by atoms with Crippen molar-refractivity contribution in [1.82, 2.24) is 0 Å². The molecule has 1 saturated heterocycles. The molecule has 1 atom stereocenters. The third-order valence-electron chi connectivity index (χ3n) is 1.17. The molecule has 0 aromatic heterocycles. The van der Waals surface area contributed by atoms with Crippen LogP contribution in [0.2, 0.25) is 0 Å². The van der Waals surface area contributed by atoms with E-state index in [1.165, 1.54) is 0 Å². The van der Waals surface area contributed by atoms with Crippen LogP contribution in [0.15, 0.2) is 0 Å². The normalized spacial score (nSPS) is 31.9. The van der Waals surface area contributed by atoms with Crippen LogP contribution in [0.3, 0.4) is 0 Å². The van der Waals surface area contributed by atoms with Crippen LogP contribution in [-0.4, -0.2) is 19.3 Å². The zero-order valence-corrected chi connectivity index (χ0v) is 4.80. The molecule has 1 aliphatic heterocycles. The minimum Gasteiger partial charge on any atom is -0.326 e. The Morgan fingerprint density at radius 2 is 2.25 bits per heavy atom. The Morgan fingerprint density at radius 1 is 1.38 bits per heavy atom. The molecule has 8 heavy (non-hydrogen) atoms. The van der Waals surface area contributed by atoms with Gasteiger partial charge < -0.3 is 5.73 Å². The third kappa shape index (κ3) is 1.78. The lowest BCUT2D eigenvalue weighted by atomic mass is 10.2. The first-order valence-corrected chi connectivity index (χ1v) is 2.89. The lowest BCUT2D eigenvalue weighted by Gasteiger charge is -2.01. The maximum atomic E-state index is 5.53. The number of hydrogen-bond donors (Lipinski definition) is 1. The molecule has 0 spiro atoms. The largest absolute Gasteiger partial charge is 0.326 e. The first-order valence-electron chi connectivity index (χ1n) is 2.89. The van der Waals surface area contributed by atoms with Gasteiger partial charge in [-0.2, -0.15) is 0 Å². The number of rotatable bonds is 0. The maximum absolute atomic E-state index is 5.53. The van der Waals surface area contributed by atoms with Crippen molar-refractivity contribution in [3.63, 3.8) is 0 Å². The van der Waals surface area contributed by atoms with E-state index in [1.807, 2.05) is 0 Å². The van der Waals surface area contributed by atoms with Gasteiger partial charge in [0.15, 0.2) is 0 Å². The molecule has 0 amide bonds. The summed E-state index contributed by atoms with van der Waals surface area (Å²) >= 11 is 0. The summed E-state index contributed by atoms with van der Waals surface area (Å²) in [6, 6.07) is 0.178. The molecule has 0 aliphatic carbocycles. The smallest absolute Gasteiger partial charge is 0.0973 e. The van der Waals surface area contributed by atoms with Gasteiger partial charge in [0.2, 0.25) is 0 Å². The monoisotopic (exact) mass is 117 g/mol. The van der Waals surface area contributed by atoms with Gasteiger partial charge in [0.1, 0.15) is 0 Å². The highest BCUT2D eigenvalue weighted by Crippen LogP contribution is 2.01. The molecule has 48 valence electrons. The summed E-state index contributed by atoms with van der Waals surface area (Å²) in [5.41, 5.74) is 5.53. The SMILES string of the molecule is NC1CCCOOC1. The zero-order chi connectivity index (χ0) is 5.82. The van der Waals surface area contributed by atoms with Gasteiger partial charge in [-0.15, -0.1) is 0 Å². The van der Waals surface area contributed by atoms with Gasteiger partial charge in [0.25, 0.3) is 0 Å². The van der Waals surface area contributed by atoms with Crippen molar-refractivity contribution in [2.75, 3.05) is 13.2 Å². The van der Waals surface area contributed by atoms with E-state index in [0.29, 0.717) is 13.2 Å². The summed E-state index contributed by atoms with van der Waals surface area (Å²) in [4.78, 5) is 9.37. The van der Waals surface area contributed by atoms with Gasteiger partial charge >= 0.3 is 0 Å². The van der Waals surface area contributed by atoms with E-state index >= 15 is 0 Å². The Bertz CT molecular complexity index is 59.4. The van der Waals surface area contributed by atoms with Gasteiger partial charge in [-0.1, -0.05) is 0 Å². The Kier molecular flexibility index (Phi) is 2.27. The zero-order valence-electron chi connectivity index (χ0n) is 4.80. The molecule has 1 aliphatic rings. The van der Waals surface area contributed by atoms with Crippen LogP contribution in [0, 0.1) is 0 Å². The van der Waals surface area contributed by atoms with E-state index in [2.05, 4.69) is 9.78 Å². The molecule has 3 nitrogen and oxygen atoms in total. The standard InChI is InChI=1S/C5H11NO2/c6-5-2-1-3-7-8-4-5/h5H,1-4,6H2. The highest BCUT2D eigenvalue weighted by molar-refractivity contribution is 4.59. The summed E-state index contributed by atoms with van der Waals surface area (Å²) in [6.45, 7) is 1.23. The highest BCUT2D eigenvalue weighted by atomic mass is 17.2. The second-order valence-corrected chi connectivity index (χ2v) is 2.01. The van der Waals surface area contributed by atoms with Crippen LogP contribution in [0.1, 0.15) is 12.8 Å². The Labute approximate surface area is 48.7 Å². The van der Waals surface area contributed by atoms with E-state index in [1.54, 1.807) is 0 Å². The average molecular weight is 117 g/mol. The number of hydrogen-bond acceptors (Lipinski definition) is 3. The molecule has 0 aromatic rings. The molecule has 0 aromatic carbocycles. The topological polar surface area (TPSA) is 44.5 Å². The van der Waals surface area contributed by atoms with Crippen molar-refractivity contribution >= 4 is 0 Å². The summed E-state index contributed by atoms with van der Waals surface area (Å²) in [5, 5.41) is 0. The van der Waals surface area contributed by atoms with Gasteiger partial charge in [-0.05, 0) is 12.8 Å². The van der Waals surface area contributed by atoms with Gasteiger partial charge in [0, 0.05) is 6.04 Å². The predicted octanol–water partition coefficient (Wildman–Crippen LogP) is 0.0557. The molecule has 1 heterocycles. The molecular formula is C5H11NO2. The van der Waals surface area contributed by atoms with Crippen LogP contribution >= 0.6 is 0 Å². The van der Waals surface area contributed by atoms with Crippen LogP contribution in [0.5, 0.6) is 0 Å². The Hall–Kier alpha value is -0.120. The van der Waals surface area contributed by atoms with E-state index < -0.39 is 0 Å². The molecule has 0 saturated carbocycles. The van der Waals surface area contributed by atoms with Crippen molar-refractivity contribution < 1.29 is 9.78 Å². The molecule has 3 heteroatoms.